The van der Waals surface area contributed by atoms with Crippen LogP contribution in [0.3, 0.4) is 0 Å². The Labute approximate surface area is 56.5 Å². The van der Waals surface area contributed by atoms with Gasteiger partial charge in [0.25, 0.3) is 0 Å². The summed E-state index contributed by atoms with van der Waals surface area (Å²) in [6.07, 6.45) is 2.22. The van der Waals surface area contributed by atoms with Crippen LogP contribution in [0.5, 0.6) is 0 Å². The predicted octanol–water partition coefficient (Wildman–Crippen LogP) is 2.54. The minimum atomic E-state index is 1.11. The quantitative estimate of drug-likeness (QED) is 0.508. The Morgan fingerprint density at radius 3 is 2.33 bits per heavy atom. The molecule has 0 aromatic heterocycles. The van der Waals surface area contributed by atoms with Gasteiger partial charge >= 0.3 is 0 Å². The van der Waals surface area contributed by atoms with E-state index in [1.54, 1.807) is 0 Å². The fourth-order valence-corrected chi connectivity index (χ4v) is 1.01. The van der Waals surface area contributed by atoms with Crippen LogP contribution >= 0.6 is 0 Å². The standard InChI is InChI=1S/C8H13N/c1-4-8-5-6(2)7(3)9-8/h4-5H2,1-3H3. The molecule has 0 saturated carbocycles. The zero-order valence-electron chi connectivity index (χ0n) is 6.36. The average molecular weight is 123 g/mol. The molecule has 0 aliphatic carbocycles. The third kappa shape index (κ3) is 1.21. The van der Waals surface area contributed by atoms with E-state index in [1.165, 1.54) is 17.0 Å². The van der Waals surface area contributed by atoms with Crippen molar-refractivity contribution in [2.45, 2.75) is 33.6 Å². The molecule has 0 aromatic carbocycles. The molecule has 1 heterocycles. The van der Waals surface area contributed by atoms with Gasteiger partial charge in [0.05, 0.1) is 0 Å². The van der Waals surface area contributed by atoms with E-state index in [9.17, 15) is 0 Å². The number of rotatable bonds is 1. The molecule has 0 amide bonds. The number of aliphatic imine (C=N–C) groups is 1. The molecule has 0 radical (unpaired) electrons. The Morgan fingerprint density at radius 1 is 1.44 bits per heavy atom. The zero-order valence-corrected chi connectivity index (χ0v) is 6.36. The molecule has 9 heavy (non-hydrogen) atoms. The smallest absolute Gasteiger partial charge is 0.0365 e. The van der Waals surface area contributed by atoms with Crippen molar-refractivity contribution in [3.8, 4) is 0 Å². The van der Waals surface area contributed by atoms with E-state index in [-0.39, 0.29) is 0 Å². The van der Waals surface area contributed by atoms with Gasteiger partial charge in [-0.25, -0.2) is 0 Å². The van der Waals surface area contributed by atoms with Crippen molar-refractivity contribution in [2.75, 3.05) is 0 Å². The Morgan fingerprint density at radius 2 is 2.11 bits per heavy atom. The van der Waals surface area contributed by atoms with Gasteiger partial charge in [0.15, 0.2) is 0 Å². The van der Waals surface area contributed by atoms with Gasteiger partial charge in [0.2, 0.25) is 0 Å². The molecule has 1 aliphatic rings. The lowest BCUT2D eigenvalue weighted by molar-refractivity contribution is 1.19. The van der Waals surface area contributed by atoms with Crippen LogP contribution in [0, 0.1) is 0 Å². The van der Waals surface area contributed by atoms with Gasteiger partial charge in [-0.2, -0.15) is 0 Å². The highest BCUT2D eigenvalue weighted by molar-refractivity contribution is 5.89. The molecule has 1 nitrogen and oxygen atoms in total. The normalized spacial score (nSPS) is 18.8. The van der Waals surface area contributed by atoms with Crippen LogP contribution in [-0.2, 0) is 0 Å². The van der Waals surface area contributed by atoms with E-state index < -0.39 is 0 Å². The van der Waals surface area contributed by atoms with Crippen LogP contribution in [0.15, 0.2) is 16.3 Å². The molecule has 0 fully saturated rings. The molecule has 1 heteroatoms. The minimum Gasteiger partial charge on any atom is -0.262 e. The van der Waals surface area contributed by atoms with Crippen LogP contribution < -0.4 is 0 Å². The van der Waals surface area contributed by atoms with Gasteiger partial charge < -0.3 is 0 Å². The van der Waals surface area contributed by atoms with E-state index in [4.69, 9.17) is 0 Å². The zero-order chi connectivity index (χ0) is 6.85. The van der Waals surface area contributed by atoms with Crippen molar-refractivity contribution in [3.05, 3.63) is 11.3 Å². The van der Waals surface area contributed by atoms with E-state index in [1.807, 2.05) is 0 Å². The molecular weight excluding hydrogens is 110 g/mol. The van der Waals surface area contributed by atoms with Crippen molar-refractivity contribution < 1.29 is 0 Å². The Balaban J connectivity index is 2.67. The molecule has 1 rings (SSSR count). The summed E-state index contributed by atoms with van der Waals surface area (Å²) in [6.45, 7) is 6.39. The maximum Gasteiger partial charge on any atom is 0.0365 e. The van der Waals surface area contributed by atoms with E-state index in [0.29, 0.717) is 0 Å². The molecule has 1 aliphatic heterocycles. The molecule has 0 atom stereocenters. The third-order valence-corrected chi connectivity index (χ3v) is 1.82. The summed E-state index contributed by atoms with van der Waals surface area (Å²) in [5.74, 6) is 0. The highest BCUT2D eigenvalue weighted by Gasteiger charge is 2.07. The van der Waals surface area contributed by atoms with Crippen LogP contribution in [0.1, 0.15) is 33.6 Å². The second-order valence-electron chi connectivity index (χ2n) is 2.57. The first-order valence-electron chi connectivity index (χ1n) is 3.46. The van der Waals surface area contributed by atoms with E-state index in [0.717, 1.165) is 12.8 Å². The lowest BCUT2D eigenvalue weighted by Crippen LogP contribution is -1.89. The average Bonchev–Trinajstić information content (AvgIpc) is 2.13. The predicted molar refractivity (Wildman–Crippen MR) is 40.7 cm³/mol. The molecule has 0 unspecified atom stereocenters. The second-order valence-corrected chi connectivity index (χ2v) is 2.57. The number of allylic oxidation sites excluding steroid dienone is 2. The summed E-state index contributed by atoms with van der Waals surface area (Å²) in [4.78, 5) is 4.38. The minimum absolute atomic E-state index is 1.11. The van der Waals surface area contributed by atoms with Crippen molar-refractivity contribution in [2.24, 2.45) is 4.99 Å². The monoisotopic (exact) mass is 123 g/mol. The molecule has 0 bridgehead atoms. The van der Waals surface area contributed by atoms with Crippen molar-refractivity contribution in [3.63, 3.8) is 0 Å². The molecule has 0 N–H and O–H groups in total. The Bertz CT molecular complexity index is 175. The largest absolute Gasteiger partial charge is 0.262 e. The molecule has 0 aromatic rings. The molecule has 0 spiro atoms. The van der Waals surface area contributed by atoms with Crippen LogP contribution in [0.2, 0.25) is 0 Å². The van der Waals surface area contributed by atoms with Gasteiger partial charge in [-0.1, -0.05) is 6.92 Å². The summed E-state index contributed by atoms with van der Waals surface area (Å²) in [5.41, 5.74) is 4.00. The first-order valence-corrected chi connectivity index (χ1v) is 3.46. The Hall–Kier alpha value is -0.590. The first-order chi connectivity index (χ1) is 4.24. The fraction of sp³-hybridized carbons (Fsp3) is 0.625. The second kappa shape index (κ2) is 2.34. The molecular formula is C8H13N. The van der Waals surface area contributed by atoms with E-state index in [2.05, 4.69) is 25.8 Å². The van der Waals surface area contributed by atoms with Crippen molar-refractivity contribution >= 4 is 5.71 Å². The summed E-state index contributed by atoms with van der Waals surface area (Å²) in [5, 5.41) is 0. The topological polar surface area (TPSA) is 12.4 Å². The van der Waals surface area contributed by atoms with Gasteiger partial charge in [0, 0.05) is 17.8 Å². The molecule has 0 saturated heterocycles. The highest BCUT2D eigenvalue weighted by atomic mass is 14.8. The van der Waals surface area contributed by atoms with Gasteiger partial charge in [0.1, 0.15) is 0 Å². The van der Waals surface area contributed by atoms with Gasteiger partial charge in [-0.15, -0.1) is 0 Å². The van der Waals surface area contributed by atoms with Crippen LogP contribution in [-0.4, -0.2) is 5.71 Å². The van der Waals surface area contributed by atoms with Gasteiger partial charge in [-0.3, -0.25) is 4.99 Å². The van der Waals surface area contributed by atoms with Crippen LogP contribution in [0.25, 0.3) is 0 Å². The van der Waals surface area contributed by atoms with Crippen LogP contribution in [0.4, 0.5) is 0 Å². The Kier molecular flexibility index (Phi) is 1.70. The van der Waals surface area contributed by atoms with Gasteiger partial charge in [-0.05, 0) is 25.8 Å². The SMILES string of the molecule is CCC1=NC(C)=C(C)C1. The van der Waals surface area contributed by atoms with Crippen molar-refractivity contribution in [1.82, 2.24) is 0 Å². The summed E-state index contributed by atoms with van der Waals surface area (Å²) < 4.78 is 0. The fourth-order valence-electron chi connectivity index (χ4n) is 1.01. The summed E-state index contributed by atoms with van der Waals surface area (Å²) in [6, 6.07) is 0. The van der Waals surface area contributed by atoms with E-state index >= 15 is 0 Å². The number of nitrogens with zero attached hydrogens (tertiary/aromatic N) is 1. The highest BCUT2D eigenvalue weighted by Crippen LogP contribution is 2.19. The first kappa shape index (κ1) is 6.53. The number of hydrogen-bond donors (Lipinski definition) is 0. The lowest BCUT2D eigenvalue weighted by Gasteiger charge is -1.90. The number of hydrogen-bond acceptors (Lipinski definition) is 1. The molecule has 50 valence electrons. The maximum absolute atomic E-state index is 4.38. The maximum atomic E-state index is 4.38. The lowest BCUT2D eigenvalue weighted by atomic mass is 10.1. The summed E-state index contributed by atoms with van der Waals surface area (Å²) >= 11 is 0. The summed E-state index contributed by atoms with van der Waals surface area (Å²) in [7, 11) is 0. The van der Waals surface area contributed by atoms with Crippen molar-refractivity contribution in [1.29, 1.82) is 0 Å². The third-order valence-electron chi connectivity index (χ3n) is 1.82.